The molecule has 1 amide bonds. The molecule has 4 unspecified atom stereocenters. The molecule has 3 aliphatic rings. The molecule has 0 radical (unpaired) electrons. The lowest BCUT2D eigenvalue weighted by Gasteiger charge is -2.30. The van der Waals surface area contributed by atoms with Gasteiger partial charge in [-0.25, -0.2) is 0 Å². The number of carboxylic acids is 1. The number of carbonyl (C=O) groups excluding carboxylic acids is 1. The van der Waals surface area contributed by atoms with Crippen LogP contribution in [0.4, 0.5) is 0 Å². The topological polar surface area (TPSA) is 57.6 Å². The highest BCUT2D eigenvalue weighted by Crippen LogP contribution is 2.49. The van der Waals surface area contributed by atoms with Gasteiger partial charge in [0.05, 0.1) is 11.8 Å². The summed E-state index contributed by atoms with van der Waals surface area (Å²) >= 11 is 1.90. The maximum Gasteiger partial charge on any atom is 0.307 e. The summed E-state index contributed by atoms with van der Waals surface area (Å²) in [6, 6.07) is 0. The van der Waals surface area contributed by atoms with Gasteiger partial charge >= 0.3 is 5.97 Å². The van der Waals surface area contributed by atoms with Gasteiger partial charge in [0.15, 0.2) is 0 Å². The second kappa shape index (κ2) is 5.34. The van der Waals surface area contributed by atoms with Crippen LogP contribution in [0.5, 0.6) is 0 Å². The van der Waals surface area contributed by atoms with Crippen LogP contribution < -0.4 is 0 Å². The molecule has 4 nitrogen and oxygen atoms in total. The lowest BCUT2D eigenvalue weighted by Crippen LogP contribution is -2.44. The summed E-state index contributed by atoms with van der Waals surface area (Å²) in [5.74, 6) is -0.480. The Balaban J connectivity index is 1.75. The van der Waals surface area contributed by atoms with E-state index in [1.807, 2.05) is 22.7 Å². The average Bonchev–Trinajstić information content (AvgIpc) is 2.97. The maximum absolute atomic E-state index is 12.9. The highest BCUT2D eigenvalue weighted by molar-refractivity contribution is 8.00. The third-order valence-corrected chi connectivity index (χ3v) is 6.55. The molecule has 4 atom stereocenters. The van der Waals surface area contributed by atoms with E-state index in [9.17, 15) is 14.7 Å². The van der Waals surface area contributed by atoms with Crippen molar-refractivity contribution in [2.24, 2.45) is 23.7 Å². The summed E-state index contributed by atoms with van der Waals surface area (Å²) in [6.07, 6.45) is 5.86. The van der Waals surface area contributed by atoms with Crippen molar-refractivity contribution in [2.45, 2.75) is 31.4 Å². The standard InChI is InChI=1S/C16H23NO3S/c1-16(2)5-6-17(7-8-21-16)14(18)12-10-3-4-11(9-10)13(12)15(19)20/h3-4,10-13H,5-9H2,1-2H3,(H,19,20). The van der Waals surface area contributed by atoms with Crippen LogP contribution in [0.1, 0.15) is 26.7 Å². The number of hydrogen-bond donors (Lipinski definition) is 1. The first-order valence-electron chi connectivity index (χ1n) is 7.73. The van der Waals surface area contributed by atoms with Crippen molar-refractivity contribution in [3.63, 3.8) is 0 Å². The SMILES string of the molecule is CC1(C)CCN(C(=O)C2C3C=CC(C3)C2C(=O)O)CCS1. The van der Waals surface area contributed by atoms with E-state index < -0.39 is 11.9 Å². The lowest BCUT2D eigenvalue weighted by molar-refractivity contribution is -0.151. The number of nitrogens with zero attached hydrogens (tertiary/aromatic N) is 1. The average molecular weight is 309 g/mol. The van der Waals surface area contributed by atoms with Gasteiger partial charge in [-0.3, -0.25) is 9.59 Å². The van der Waals surface area contributed by atoms with Gasteiger partial charge in [-0.05, 0) is 24.7 Å². The van der Waals surface area contributed by atoms with Crippen LogP contribution in [0.3, 0.4) is 0 Å². The predicted octanol–water partition coefficient (Wildman–Crippen LogP) is 2.25. The number of aliphatic carboxylic acids is 1. The Hall–Kier alpha value is -0.970. The van der Waals surface area contributed by atoms with E-state index in [-0.39, 0.29) is 28.4 Å². The first kappa shape index (κ1) is 14.9. The van der Waals surface area contributed by atoms with E-state index in [1.165, 1.54) is 0 Å². The van der Waals surface area contributed by atoms with Crippen LogP contribution >= 0.6 is 11.8 Å². The molecule has 1 aliphatic heterocycles. The molecule has 1 saturated heterocycles. The minimum absolute atomic E-state index is 0.0549. The minimum atomic E-state index is -0.810. The molecule has 2 aliphatic carbocycles. The van der Waals surface area contributed by atoms with Gasteiger partial charge in [-0.2, -0.15) is 11.8 Å². The summed E-state index contributed by atoms with van der Waals surface area (Å²) in [6.45, 7) is 5.93. The first-order chi connectivity index (χ1) is 9.89. The molecule has 2 fully saturated rings. The third kappa shape index (κ3) is 2.72. The maximum atomic E-state index is 12.9. The van der Waals surface area contributed by atoms with Gasteiger partial charge in [-0.1, -0.05) is 26.0 Å². The zero-order valence-corrected chi connectivity index (χ0v) is 13.4. The normalized spacial score (nSPS) is 37.5. The van der Waals surface area contributed by atoms with Crippen LogP contribution in [0.25, 0.3) is 0 Å². The Morgan fingerprint density at radius 2 is 1.86 bits per heavy atom. The molecule has 0 aromatic rings. The molecule has 1 heterocycles. The van der Waals surface area contributed by atoms with Gasteiger partial charge in [0.2, 0.25) is 5.91 Å². The minimum Gasteiger partial charge on any atom is -0.481 e. The number of hydrogen-bond acceptors (Lipinski definition) is 3. The van der Waals surface area contributed by atoms with Gasteiger partial charge in [-0.15, -0.1) is 0 Å². The number of allylic oxidation sites excluding steroid dienone is 2. The summed E-state index contributed by atoms with van der Waals surface area (Å²) in [4.78, 5) is 26.4. The summed E-state index contributed by atoms with van der Waals surface area (Å²) in [5, 5.41) is 9.48. The highest BCUT2D eigenvalue weighted by Gasteiger charge is 2.52. The predicted molar refractivity (Wildman–Crippen MR) is 83.1 cm³/mol. The molecule has 1 saturated carbocycles. The van der Waals surface area contributed by atoms with Gasteiger partial charge in [0.1, 0.15) is 0 Å². The number of carbonyl (C=O) groups is 2. The van der Waals surface area contributed by atoms with E-state index in [0.717, 1.165) is 31.7 Å². The number of rotatable bonds is 2. The fourth-order valence-electron chi connectivity index (χ4n) is 3.95. The van der Waals surface area contributed by atoms with E-state index >= 15 is 0 Å². The fraction of sp³-hybridized carbons (Fsp3) is 0.750. The van der Waals surface area contributed by atoms with E-state index in [0.29, 0.717) is 0 Å². The number of carboxylic acid groups (broad SMARTS) is 1. The van der Waals surface area contributed by atoms with E-state index in [1.54, 1.807) is 0 Å². The van der Waals surface area contributed by atoms with Crippen molar-refractivity contribution in [1.82, 2.24) is 4.90 Å². The summed E-state index contributed by atoms with van der Waals surface area (Å²) < 4.78 is 0.204. The molecule has 3 rings (SSSR count). The molecule has 116 valence electrons. The Kier molecular flexibility index (Phi) is 3.80. The van der Waals surface area contributed by atoms with Crippen molar-refractivity contribution in [3.8, 4) is 0 Å². The van der Waals surface area contributed by atoms with E-state index in [4.69, 9.17) is 0 Å². The molecule has 0 aromatic heterocycles. The number of amides is 1. The van der Waals surface area contributed by atoms with Crippen molar-refractivity contribution >= 4 is 23.6 Å². The smallest absolute Gasteiger partial charge is 0.307 e. The molecule has 0 aromatic carbocycles. The Labute approximate surface area is 130 Å². The van der Waals surface area contributed by atoms with E-state index in [2.05, 4.69) is 19.9 Å². The highest BCUT2D eigenvalue weighted by atomic mass is 32.2. The van der Waals surface area contributed by atoms with Crippen molar-refractivity contribution in [3.05, 3.63) is 12.2 Å². The molecule has 21 heavy (non-hydrogen) atoms. The van der Waals surface area contributed by atoms with Crippen LogP contribution in [0, 0.1) is 23.7 Å². The molecule has 1 N–H and O–H groups in total. The van der Waals surface area contributed by atoms with Crippen molar-refractivity contribution in [2.75, 3.05) is 18.8 Å². The number of thioether (sulfide) groups is 1. The van der Waals surface area contributed by atoms with Gasteiger partial charge in [0, 0.05) is 23.6 Å². The largest absolute Gasteiger partial charge is 0.481 e. The first-order valence-corrected chi connectivity index (χ1v) is 8.71. The fourth-order valence-corrected chi connectivity index (χ4v) is 5.05. The molecular formula is C16H23NO3S. The quantitative estimate of drug-likeness (QED) is 0.795. The second-order valence-electron chi connectivity index (χ2n) is 7.02. The third-order valence-electron chi connectivity index (χ3n) is 5.18. The number of fused-ring (bicyclic) bond motifs is 2. The second-order valence-corrected chi connectivity index (χ2v) is 8.82. The van der Waals surface area contributed by atoms with Crippen molar-refractivity contribution < 1.29 is 14.7 Å². The van der Waals surface area contributed by atoms with Crippen LogP contribution in [0.2, 0.25) is 0 Å². The molecule has 5 heteroatoms. The molecule has 0 spiro atoms. The zero-order chi connectivity index (χ0) is 15.2. The Bertz CT molecular complexity index is 488. The lowest BCUT2D eigenvalue weighted by atomic mass is 9.82. The van der Waals surface area contributed by atoms with Crippen LogP contribution in [0.15, 0.2) is 12.2 Å². The van der Waals surface area contributed by atoms with Gasteiger partial charge < -0.3 is 10.0 Å². The van der Waals surface area contributed by atoms with Gasteiger partial charge in [0.25, 0.3) is 0 Å². The van der Waals surface area contributed by atoms with Crippen LogP contribution in [-0.2, 0) is 9.59 Å². The monoisotopic (exact) mass is 309 g/mol. The van der Waals surface area contributed by atoms with Crippen molar-refractivity contribution in [1.29, 1.82) is 0 Å². The Morgan fingerprint density at radius 3 is 2.52 bits per heavy atom. The summed E-state index contributed by atoms with van der Waals surface area (Å²) in [7, 11) is 0. The zero-order valence-electron chi connectivity index (χ0n) is 12.6. The van der Waals surface area contributed by atoms with Crippen LogP contribution in [-0.4, -0.2) is 45.5 Å². The Morgan fingerprint density at radius 1 is 1.19 bits per heavy atom. The molecular weight excluding hydrogens is 286 g/mol. The summed E-state index contributed by atoms with van der Waals surface area (Å²) in [5.41, 5.74) is 0. The molecule has 2 bridgehead atoms.